The van der Waals surface area contributed by atoms with Gasteiger partial charge in [0, 0.05) is 26.7 Å². The summed E-state index contributed by atoms with van der Waals surface area (Å²) in [6.45, 7) is 3.34. The molecule has 1 amide bonds. The molecule has 1 unspecified atom stereocenters. The Morgan fingerprint density at radius 2 is 2.37 bits per heavy atom. The molecule has 0 aromatic heterocycles. The molecule has 0 radical (unpaired) electrons. The number of methoxy groups -OCH3 is 1. The highest BCUT2D eigenvalue weighted by molar-refractivity contribution is 5.96. The van der Waals surface area contributed by atoms with Crippen LogP contribution in [0.4, 0.5) is 0 Å². The van der Waals surface area contributed by atoms with Crippen LogP contribution in [-0.4, -0.2) is 43.5 Å². The summed E-state index contributed by atoms with van der Waals surface area (Å²) in [5, 5.41) is 12.5. The average Bonchev–Trinajstić information content (AvgIpc) is 2.85. The summed E-state index contributed by atoms with van der Waals surface area (Å²) >= 11 is 0. The van der Waals surface area contributed by atoms with Gasteiger partial charge in [-0.25, -0.2) is 0 Å². The molecule has 1 aliphatic heterocycles. The van der Waals surface area contributed by atoms with Gasteiger partial charge in [-0.2, -0.15) is 0 Å². The van der Waals surface area contributed by atoms with E-state index in [1.54, 1.807) is 25.3 Å². The molecule has 2 rings (SSSR count). The molecule has 104 valence electrons. The van der Waals surface area contributed by atoms with Gasteiger partial charge in [-0.1, -0.05) is 6.07 Å². The van der Waals surface area contributed by atoms with Gasteiger partial charge in [0.05, 0.1) is 12.2 Å². The van der Waals surface area contributed by atoms with Gasteiger partial charge in [-0.3, -0.25) is 4.79 Å². The Labute approximate surface area is 112 Å². The van der Waals surface area contributed by atoms with E-state index in [9.17, 15) is 9.90 Å². The lowest BCUT2D eigenvalue weighted by Crippen LogP contribution is -2.45. The number of benzene rings is 1. The molecule has 0 bridgehead atoms. The molecule has 0 saturated carbocycles. The molecule has 0 spiro atoms. The van der Waals surface area contributed by atoms with Crippen molar-refractivity contribution in [2.45, 2.75) is 18.9 Å². The number of aryl methyl sites for hydroxylation is 1. The van der Waals surface area contributed by atoms with E-state index in [0.29, 0.717) is 19.8 Å². The van der Waals surface area contributed by atoms with E-state index in [-0.39, 0.29) is 17.2 Å². The van der Waals surface area contributed by atoms with Crippen molar-refractivity contribution in [2.24, 2.45) is 0 Å². The largest absolute Gasteiger partial charge is 0.507 e. The van der Waals surface area contributed by atoms with Crippen LogP contribution < -0.4 is 5.32 Å². The van der Waals surface area contributed by atoms with Gasteiger partial charge in [-0.15, -0.1) is 0 Å². The normalized spacial score (nSPS) is 22.4. The predicted octanol–water partition coefficient (Wildman–Crippen LogP) is 1.24. The van der Waals surface area contributed by atoms with Crippen molar-refractivity contribution in [3.05, 3.63) is 29.3 Å². The van der Waals surface area contributed by atoms with Crippen LogP contribution in [0.3, 0.4) is 0 Å². The number of amides is 1. The molecule has 5 nitrogen and oxygen atoms in total. The second-order valence-corrected chi connectivity index (χ2v) is 4.89. The molecule has 1 atom stereocenters. The lowest BCUT2D eigenvalue weighted by molar-refractivity contribution is -0.0148. The third-order valence-electron chi connectivity index (χ3n) is 3.47. The monoisotopic (exact) mass is 265 g/mol. The van der Waals surface area contributed by atoms with Gasteiger partial charge in [-0.05, 0) is 24.6 Å². The number of nitrogens with one attached hydrogen (secondary N) is 1. The molecule has 1 aromatic rings. The summed E-state index contributed by atoms with van der Waals surface area (Å²) in [4.78, 5) is 12.0. The molecule has 1 aliphatic rings. The molecule has 1 saturated heterocycles. The number of phenolic OH excluding ortho intramolecular Hbond substituents is 1. The Morgan fingerprint density at radius 1 is 1.58 bits per heavy atom. The van der Waals surface area contributed by atoms with Gasteiger partial charge >= 0.3 is 0 Å². The maximum Gasteiger partial charge on any atom is 0.255 e. The first-order chi connectivity index (χ1) is 9.06. The Hall–Kier alpha value is -1.59. The molecular weight excluding hydrogens is 246 g/mol. The zero-order valence-corrected chi connectivity index (χ0v) is 11.2. The van der Waals surface area contributed by atoms with Crippen molar-refractivity contribution in [3.8, 4) is 5.75 Å². The first-order valence-corrected chi connectivity index (χ1v) is 6.27. The average molecular weight is 265 g/mol. The minimum Gasteiger partial charge on any atom is -0.507 e. The summed E-state index contributed by atoms with van der Waals surface area (Å²) in [5.74, 6) is -0.313. The summed E-state index contributed by atoms with van der Waals surface area (Å²) in [7, 11) is 1.62. The quantitative estimate of drug-likeness (QED) is 0.859. The first kappa shape index (κ1) is 13.8. The van der Waals surface area contributed by atoms with Gasteiger partial charge < -0.3 is 19.9 Å². The standard InChI is InChI=1S/C14H19NO4/c1-10-3-4-11(12(16)7-10)13(17)15-8-14(18-2)5-6-19-9-14/h3-4,7,16H,5-6,8-9H2,1-2H3,(H,15,17). The van der Waals surface area contributed by atoms with E-state index in [0.717, 1.165) is 12.0 Å². The van der Waals surface area contributed by atoms with Crippen LogP contribution >= 0.6 is 0 Å². The third-order valence-corrected chi connectivity index (χ3v) is 3.47. The molecule has 1 fully saturated rings. The maximum absolute atomic E-state index is 12.0. The fourth-order valence-electron chi connectivity index (χ4n) is 2.13. The summed E-state index contributed by atoms with van der Waals surface area (Å²) in [5.41, 5.74) is 0.734. The Kier molecular flexibility index (Phi) is 4.07. The molecule has 2 N–H and O–H groups in total. The van der Waals surface area contributed by atoms with E-state index in [4.69, 9.17) is 9.47 Å². The van der Waals surface area contributed by atoms with Gasteiger partial charge in [0.2, 0.25) is 0 Å². The van der Waals surface area contributed by atoms with Crippen molar-refractivity contribution in [2.75, 3.05) is 26.9 Å². The molecule has 5 heteroatoms. The van der Waals surface area contributed by atoms with Gasteiger partial charge in [0.1, 0.15) is 11.4 Å². The number of carbonyl (C=O) groups is 1. The van der Waals surface area contributed by atoms with Crippen molar-refractivity contribution in [3.63, 3.8) is 0 Å². The maximum atomic E-state index is 12.0. The van der Waals surface area contributed by atoms with Crippen LogP contribution in [-0.2, 0) is 9.47 Å². The van der Waals surface area contributed by atoms with Gasteiger partial charge in [0.15, 0.2) is 0 Å². The highest BCUT2D eigenvalue weighted by atomic mass is 16.5. The Balaban J connectivity index is 2.01. The lowest BCUT2D eigenvalue weighted by atomic mass is 10.0. The van der Waals surface area contributed by atoms with Crippen LogP contribution in [0.15, 0.2) is 18.2 Å². The van der Waals surface area contributed by atoms with Crippen LogP contribution in [0.1, 0.15) is 22.3 Å². The SMILES string of the molecule is COC1(CNC(=O)c2ccc(C)cc2O)CCOC1. The number of ether oxygens (including phenoxy) is 2. The topological polar surface area (TPSA) is 67.8 Å². The second kappa shape index (κ2) is 5.59. The van der Waals surface area contributed by atoms with Crippen molar-refractivity contribution >= 4 is 5.91 Å². The van der Waals surface area contributed by atoms with Crippen molar-refractivity contribution < 1.29 is 19.4 Å². The Morgan fingerprint density at radius 3 is 2.95 bits per heavy atom. The molecule has 0 aliphatic carbocycles. The third kappa shape index (κ3) is 3.05. The van der Waals surface area contributed by atoms with Crippen molar-refractivity contribution in [1.82, 2.24) is 5.32 Å². The van der Waals surface area contributed by atoms with E-state index in [1.807, 2.05) is 6.92 Å². The summed E-state index contributed by atoms with van der Waals surface area (Å²) < 4.78 is 10.7. The predicted molar refractivity (Wildman–Crippen MR) is 70.4 cm³/mol. The van der Waals surface area contributed by atoms with Crippen LogP contribution in [0.2, 0.25) is 0 Å². The number of hydrogen-bond acceptors (Lipinski definition) is 4. The van der Waals surface area contributed by atoms with E-state index in [2.05, 4.69) is 5.32 Å². The molecule has 19 heavy (non-hydrogen) atoms. The highest BCUT2D eigenvalue weighted by Gasteiger charge is 2.35. The lowest BCUT2D eigenvalue weighted by Gasteiger charge is -2.25. The number of phenols is 1. The fraction of sp³-hybridized carbons (Fsp3) is 0.500. The minimum atomic E-state index is -0.448. The van der Waals surface area contributed by atoms with Gasteiger partial charge in [0.25, 0.3) is 5.91 Å². The van der Waals surface area contributed by atoms with E-state index < -0.39 is 5.60 Å². The smallest absolute Gasteiger partial charge is 0.255 e. The highest BCUT2D eigenvalue weighted by Crippen LogP contribution is 2.22. The molecule has 1 heterocycles. The van der Waals surface area contributed by atoms with E-state index >= 15 is 0 Å². The minimum absolute atomic E-state index is 0.00774. The number of carbonyl (C=O) groups excluding carboxylic acids is 1. The van der Waals surface area contributed by atoms with Crippen LogP contribution in [0.5, 0.6) is 5.75 Å². The van der Waals surface area contributed by atoms with Crippen molar-refractivity contribution in [1.29, 1.82) is 0 Å². The zero-order valence-electron chi connectivity index (χ0n) is 11.2. The molecule has 1 aromatic carbocycles. The number of hydrogen-bond donors (Lipinski definition) is 2. The zero-order chi connectivity index (χ0) is 13.9. The number of aromatic hydroxyl groups is 1. The summed E-state index contributed by atoms with van der Waals surface area (Å²) in [6.07, 6.45) is 0.754. The first-order valence-electron chi connectivity index (χ1n) is 6.27. The Bertz CT molecular complexity index is 467. The number of rotatable bonds is 4. The van der Waals surface area contributed by atoms with Crippen LogP contribution in [0.25, 0.3) is 0 Å². The second-order valence-electron chi connectivity index (χ2n) is 4.89. The summed E-state index contributed by atoms with van der Waals surface area (Å²) in [6, 6.07) is 4.98. The molecular formula is C14H19NO4. The fourth-order valence-corrected chi connectivity index (χ4v) is 2.13. The van der Waals surface area contributed by atoms with Crippen LogP contribution in [0, 0.1) is 6.92 Å². The van der Waals surface area contributed by atoms with E-state index in [1.165, 1.54) is 0 Å².